The van der Waals surface area contributed by atoms with Gasteiger partial charge in [0.05, 0.1) is 12.5 Å². The molecule has 0 spiro atoms. The fourth-order valence-electron chi connectivity index (χ4n) is 2.07. The first-order chi connectivity index (χ1) is 10.2. The van der Waals surface area contributed by atoms with Gasteiger partial charge in [0.1, 0.15) is 12.4 Å². The van der Waals surface area contributed by atoms with Crippen molar-refractivity contribution in [2.24, 2.45) is 0 Å². The molecule has 0 aromatic heterocycles. The van der Waals surface area contributed by atoms with Crippen molar-refractivity contribution in [3.05, 3.63) is 58.9 Å². The van der Waals surface area contributed by atoms with Crippen LogP contribution < -0.4 is 9.47 Å². The lowest BCUT2D eigenvalue weighted by Crippen LogP contribution is -2.03. The zero-order chi connectivity index (χ0) is 15.2. The van der Waals surface area contributed by atoms with Gasteiger partial charge in [-0.05, 0) is 43.2 Å². The van der Waals surface area contributed by atoms with E-state index in [1.807, 2.05) is 32.0 Å². The van der Waals surface area contributed by atoms with Crippen LogP contribution in [0.1, 0.15) is 23.6 Å². The Kier molecular flexibility index (Phi) is 5.45. The standard InChI is InChI=1S/C17H18ClFO2/c1-3-20-16-6-4-5-13(10-18)17(16)21-11-14-7-8-15(19)9-12(14)2/h4-9H,3,10-11H2,1-2H3. The number of aryl methyl sites for hydroxylation is 1. The summed E-state index contributed by atoms with van der Waals surface area (Å²) in [6, 6.07) is 10.3. The van der Waals surface area contributed by atoms with Gasteiger partial charge in [0.2, 0.25) is 0 Å². The molecule has 0 saturated carbocycles. The number of halogens is 2. The van der Waals surface area contributed by atoms with Crippen molar-refractivity contribution in [2.45, 2.75) is 26.3 Å². The number of hydrogen-bond acceptors (Lipinski definition) is 2. The van der Waals surface area contributed by atoms with Crippen LogP contribution >= 0.6 is 11.6 Å². The van der Waals surface area contributed by atoms with Crippen molar-refractivity contribution < 1.29 is 13.9 Å². The van der Waals surface area contributed by atoms with Crippen LogP contribution in [0.3, 0.4) is 0 Å². The van der Waals surface area contributed by atoms with Gasteiger partial charge in [-0.3, -0.25) is 0 Å². The van der Waals surface area contributed by atoms with Gasteiger partial charge in [0.25, 0.3) is 0 Å². The Balaban J connectivity index is 2.22. The maximum atomic E-state index is 13.1. The summed E-state index contributed by atoms with van der Waals surface area (Å²) in [5.41, 5.74) is 2.67. The highest BCUT2D eigenvalue weighted by Gasteiger charge is 2.11. The molecule has 4 heteroatoms. The van der Waals surface area contributed by atoms with Crippen LogP contribution in [-0.2, 0) is 12.5 Å². The summed E-state index contributed by atoms with van der Waals surface area (Å²) in [6.07, 6.45) is 0. The van der Waals surface area contributed by atoms with Crippen LogP contribution in [0.5, 0.6) is 11.5 Å². The predicted octanol–water partition coefficient (Wildman–Crippen LogP) is 4.85. The lowest BCUT2D eigenvalue weighted by molar-refractivity contribution is 0.267. The Morgan fingerprint density at radius 1 is 1.10 bits per heavy atom. The zero-order valence-electron chi connectivity index (χ0n) is 12.2. The third-order valence-electron chi connectivity index (χ3n) is 3.18. The average Bonchev–Trinajstić information content (AvgIpc) is 2.47. The van der Waals surface area contributed by atoms with E-state index in [1.165, 1.54) is 12.1 Å². The van der Waals surface area contributed by atoms with E-state index < -0.39 is 0 Å². The largest absolute Gasteiger partial charge is 0.490 e. The predicted molar refractivity (Wildman–Crippen MR) is 82.6 cm³/mol. The third kappa shape index (κ3) is 3.88. The van der Waals surface area contributed by atoms with Crippen LogP contribution in [0.4, 0.5) is 4.39 Å². The lowest BCUT2D eigenvalue weighted by Gasteiger charge is -2.15. The maximum Gasteiger partial charge on any atom is 0.166 e. The van der Waals surface area contributed by atoms with E-state index in [9.17, 15) is 4.39 Å². The van der Waals surface area contributed by atoms with Gasteiger partial charge in [0, 0.05) is 5.56 Å². The van der Waals surface area contributed by atoms with Gasteiger partial charge in [0.15, 0.2) is 11.5 Å². The number of benzene rings is 2. The molecule has 0 fully saturated rings. The molecule has 0 amide bonds. The first kappa shape index (κ1) is 15.6. The molecule has 0 aliphatic heterocycles. The van der Waals surface area contributed by atoms with Crippen molar-refractivity contribution in [3.8, 4) is 11.5 Å². The molecule has 0 unspecified atom stereocenters. The summed E-state index contributed by atoms with van der Waals surface area (Å²) in [5.74, 6) is 1.43. The number of hydrogen-bond donors (Lipinski definition) is 0. The molecule has 0 saturated heterocycles. The summed E-state index contributed by atoms with van der Waals surface area (Å²) >= 11 is 5.95. The summed E-state index contributed by atoms with van der Waals surface area (Å²) in [4.78, 5) is 0. The monoisotopic (exact) mass is 308 g/mol. The minimum absolute atomic E-state index is 0.243. The van der Waals surface area contributed by atoms with E-state index >= 15 is 0 Å². The second-order valence-electron chi connectivity index (χ2n) is 4.67. The fraction of sp³-hybridized carbons (Fsp3) is 0.294. The summed E-state index contributed by atoms with van der Waals surface area (Å²) in [5, 5.41) is 0. The normalized spacial score (nSPS) is 10.5. The molecule has 0 bridgehead atoms. The summed E-state index contributed by atoms with van der Waals surface area (Å²) in [6.45, 7) is 4.68. The minimum atomic E-state index is -0.243. The highest BCUT2D eigenvalue weighted by atomic mass is 35.5. The minimum Gasteiger partial charge on any atom is -0.490 e. The van der Waals surface area contributed by atoms with Crippen molar-refractivity contribution in [1.29, 1.82) is 0 Å². The molecule has 0 aliphatic rings. The van der Waals surface area contributed by atoms with E-state index in [1.54, 1.807) is 6.07 Å². The molecular formula is C17H18ClFO2. The van der Waals surface area contributed by atoms with Crippen LogP contribution in [-0.4, -0.2) is 6.61 Å². The molecular weight excluding hydrogens is 291 g/mol. The van der Waals surface area contributed by atoms with Crippen LogP contribution in [0.25, 0.3) is 0 Å². The van der Waals surface area contributed by atoms with Gasteiger partial charge in [-0.15, -0.1) is 11.6 Å². The Morgan fingerprint density at radius 2 is 1.90 bits per heavy atom. The van der Waals surface area contributed by atoms with Crippen molar-refractivity contribution >= 4 is 11.6 Å². The van der Waals surface area contributed by atoms with Crippen LogP contribution in [0.2, 0.25) is 0 Å². The molecule has 0 N–H and O–H groups in total. The highest BCUT2D eigenvalue weighted by Crippen LogP contribution is 2.33. The molecule has 21 heavy (non-hydrogen) atoms. The van der Waals surface area contributed by atoms with Gasteiger partial charge >= 0.3 is 0 Å². The number of ether oxygens (including phenoxy) is 2. The Morgan fingerprint density at radius 3 is 2.57 bits per heavy atom. The van der Waals surface area contributed by atoms with E-state index in [0.29, 0.717) is 30.6 Å². The Labute approximate surface area is 129 Å². The van der Waals surface area contributed by atoms with Crippen LogP contribution in [0, 0.1) is 12.7 Å². The lowest BCUT2D eigenvalue weighted by atomic mass is 10.1. The van der Waals surface area contributed by atoms with Gasteiger partial charge in [-0.25, -0.2) is 4.39 Å². The first-order valence-electron chi connectivity index (χ1n) is 6.84. The third-order valence-corrected chi connectivity index (χ3v) is 3.47. The SMILES string of the molecule is CCOc1cccc(CCl)c1OCc1ccc(F)cc1C. The van der Waals surface area contributed by atoms with E-state index in [-0.39, 0.29) is 5.82 Å². The fourth-order valence-corrected chi connectivity index (χ4v) is 2.28. The molecule has 2 nitrogen and oxygen atoms in total. The second kappa shape index (κ2) is 7.32. The smallest absolute Gasteiger partial charge is 0.166 e. The average molecular weight is 309 g/mol. The second-order valence-corrected chi connectivity index (χ2v) is 4.94. The molecule has 0 heterocycles. The van der Waals surface area contributed by atoms with Gasteiger partial charge in [-0.2, -0.15) is 0 Å². The zero-order valence-corrected chi connectivity index (χ0v) is 12.9. The van der Waals surface area contributed by atoms with Gasteiger partial charge < -0.3 is 9.47 Å². The van der Waals surface area contributed by atoms with Crippen molar-refractivity contribution in [1.82, 2.24) is 0 Å². The molecule has 0 atom stereocenters. The molecule has 0 radical (unpaired) electrons. The molecule has 112 valence electrons. The Bertz CT molecular complexity index is 614. The van der Waals surface area contributed by atoms with Crippen molar-refractivity contribution in [3.63, 3.8) is 0 Å². The first-order valence-corrected chi connectivity index (χ1v) is 7.37. The Hall–Kier alpha value is -1.74. The number of para-hydroxylation sites is 1. The maximum absolute atomic E-state index is 13.1. The molecule has 0 aliphatic carbocycles. The molecule has 2 aromatic carbocycles. The number of rotatable bonds is 6. The van der Waals surface area contributed by atoms with Crippen LogP contribution in [0.15, 0.2) is 36.4 Å². The number of alkyl halides is 1. The molecule has 2 aromatic rings. The topological polar surface area (TPSA) is 18.5 Å². The van der Waals surface area contributed by atoms with Gasteiger partial charge in [-0.1, -0.05) is 18.2 Å². The van der Waals surface area contributed by atoms with E-state index in [2.05, 4.69) is 0 Å². The quantitative estimate of drug-likeness (QED) is 0.710. The van der Waals surface area contributed by atoms with E-state index in [4.69, 9.17) is 21.1 Å². The highest BCUT2D eigenvalue weighted by molar-refractivity contribution is 6.17. The van der Waals surface area contributed by atoms with E-state index in [0.717, 1.165) is 16.7 Å². The summed E-state index contributed by atoms with van der Waals surface area (Å²) in [7, 11) is 0. The van der Waals surface area contributed by atoms with Crippen molar-refractivity contribution in [2.75, 3.05) is 6.61 Å². The molecule has 2 rings (SSSR count). The summed E-state index contributed by atoms with van der Waals surface area (Å²) < 4.78 is 24.6.